The third-order valence-corrected chi connectivity index (χ3v) is 4.61. The summed E-state index contributed by atoms with van der Waals surface area (Å²) in [5, 5.41) is 0. The molecule has 1 heterocycles. The minimum Gasteiger partial charge on any atom is -0.490 e. The van der Waals surface area contributed by atoms with E-state index >= 15 is 0 Å². The Kier molecular flexibility index (Phi) is 8.38. The first-order valence-electron chi connectivity index (χ1n) is 9.76. The maximum atomic E-state index is 5.93. The van der Waals surface area contributed by atoms with Crippen LogP contribution < -0.4 is 4.74 Å². The predicted molar refractivity (Wildman–Crippen MR) is 103 cm³/mol. The largest absolute Gasteiger partial charge is 0.490 e. The number of rotatable bonds is 13. The van der Waals surface area contributed by atoms with Gasteiger partial charge in [0.15, 0.2) is 0 Å². The third-order valence-electron chi connectivity index (χ3n) is 4.61. The summed E-state index contributed by atoms with van der Waals surface area (Å²) in [5.41, 5.74) is 1.11. The van der Waals surface area contributed by atoms with E-state index in [2.05, 4.69) is 38.1 Å². The fourth-order valence-corrected chi connectivity index (χ4v) is 2.79. The highest BCUT2D eigenvalue weighted by atomic mass is 16.6. The van der Waals surface area contributed by atoms with Crippen LogP contribution in [0.25, 0.3) is 6.08 Å². The summed E-state index contributed by atoms with van der Waals surface area (Å²) in [4.78, 5) is 0. The molecule has 0 bridgehead atoms. The van der Waals surface area contributed by atoms with E-state index in [1.807, 2.05) is 12.1 Å². The van der Waals surface area contributed by atoms with Gasteiger partial charge in [-0.2, -0.15) is 0 Å². The first-order chi connectivity index (χ1) is 11.7. The van der Waals surface area contributed by atoms with Gasteiger partial charge in [-0.1, -0.05) is 82.2 Å². The maximum absolute atomic E-state index is 5.93. The smallest absolute Gasteiger partial charge is 0.126 e. The SMILES string of the molecule is CCCCCCCCCC/C=C/c1ccccc1OCC1(C)CO1. The molecule has 1 aromatic carbocycles. The quantitative estimate of drug-likeness (QED) is 0.308. The molecule has 0 amide bonds. The Balaban J connectivity index is 1.61. The zero-order valence-electron chi connectivity index (χ0n) is 15.6. The van der Waals surface area contributed by atoms with Crippen LogP contribution in [0.1, 0.15) is 77.2 Å². The van der Waals surface area contributed by atoms with Crippen molar-refractivity contribution in [2.75, 3.05) is 13.2 Å². The minimum absolute atomic E-state index is 0.0616. The van der Waals surface area contributed by atoms with Crippen LogP contribution in [-0.4, -0.2) is 18.8 Å². The van der Waals surface area contributed by atoms with Crippen molar-refractivity contribution >= 4 is 6.08 Å². The molecule has 1 unspecified atom stereocenters. The molecule has 0 aliphatic carbocycles. The Morgan fingerprint density at radius 1 is 1.04 bits per heavy atom. The van der Waals surface area contributed by atoms with Gasteiger partial charge in [-0.15, -0.1) is 0 Å². The van der Waals surface area contributed by atoms with Crippen molar-refractivity contribution in [2.45, 2.75) is 77.2 Å². The molecule has 1 atom stereocenters. The van der Waals surface area contributed by atoms with E-state index in [4.69, 9.17) is 9.47 Å². The molecule has 0 saturated carbocycles. The van der Waals surface area contributed by atoms with E-state index < -0.39 is 0 Å². The molecule has 1 aliphatic heterocycles. The standard InChI is InChI=1S/C22H34O2/c1-3-4-5-6-7-8-9-10-11-12-15-20-16-13-14-17-21(20)23-18-22(2)19-24-22/h12-17H,3-11,18-19H2,1-2H3/b15-12+. The number of allylic oxidation sites excluding steroid dienone is 1. The summed E-state index contributed by atoms with van der Waals surface area (Å²) < 4.78 is 11.3. The summed E-state index contributed by atoms with van der Waals surface area (Å²) in [6.45, 7) is 5.81. The number of hydrogen-bond acceptors (Lipinski definition) is 2. The fourth-order valence-electron chi connectivity index (χ4n) is 2.79. The summed E-state index contributed by atoms with van der Waals surface area (Å²) in [6, 6.07) is 8.26. The highest BCUT2D eigenvalue weighted by Gasteiger charge is 2.40. The molecule has 2 rings (SSSR count). The number of ether oxygens (including phenoxy) is 2. The van der Waals surface area contributed by atoms with Gasteiger partial charge in [-0.25, -0.2) is 0 Å². The van der Waals surface area contributed by atoms with Crippen molar-refractivity contribution in [3.05, 3.63) is 35.9 Å². The lowest BCUT2D eigenvalue weighted by atomic mass is 10.1. The fraction of sp³-hybridized carbons (Fsp3) is 0.636. The number of benzene rings is 1. The molecule has 2 heteroatoms. The highest BCUT2D eigenvalue weighted by Crippen LogP contribution is 2.28. The Morgan fingerprint density at radius 2 is 1.71 bits per heavy atom. The number of epoxide rings is 1. The molecule has 1 saturated heterocycles. The van der Waals surface area contributed by atoms with Crippen LogP contribution in [-0.2, 0) is 4.74 Å². The Morgan fingerprint density at radius 3 is 2.42 bits per heavy atom. The van der Waals surface area contributed by atoms with E-state index in [9.17, 15) is 0 Å². The Labute approximate surface area is 148 Å². The van der Waals surface area contributed by atoms with Crippen LogP contribution in [0.5, 0.6) is 5.75 Å². The molecule has 1 aromatic rings. The molecule has 0 aromatic heterocycles. The average Bonchev–Trinajstić information content (AvgIpc) is 3.33. The molecule has 1 fully saturated rings. The van der Waals surface area contributed by atoms with Gasteiger partial charge in [-0.05, 0) is 25.8 Å². The van der Waals surface area contributed by atoms with Gasteiger partial charge < -0.3 is 9.47 Å². The normalized spacial score (nSPS) is 19.8. The van der Waals surface area contributed by atoms with Crippen molar-refractivity contribution in [1.82, 2.24) is 0 Å². The first-order valence-corrected chi connectivity index (χ1v) is 9.76. The molecule has 0 N–H and O–H groups in total. The van der Waals surface area contributed by atoms with Gasteiger partial charge in [-0.3, -0.25) is 0 Å². The van der Waals surface area contributed by atoms with Crippen LogP contribution in [0.3, 0.4) is 0 Å². The van der Waals surface area contributed by atoms with Crippen molar-refractivity contribution < 1.29 is 9.47 Å². The molecular formula is C22H34O2. The van der Waals surface area contributed by atoms with E-state index in [0.29, 0.717) is 6.61 Å². The van der Waals surface area contributed by atoms with Crippen LogP contribution in [0.2, 0.25) is 0 Å². The highest BCUT2D eigenvalue weighted by molar-refractivity contribution is 5.57. The molecule has 134 valence electrons. The summed E-state index contributed by atoms with van der Waals surface area (Å²) in [7, 11) is 0. The molecular weight excluding hydrogens is 296 g/mol. The van der Waals surface area contributed by atoms with Gasteiger partial charge in [0, 0.05) is 5.56 Å². The van der Waals surface area contributed by atoms with E-state index in [1.54, 1.807) is 0 Å². The topological polar surface area (TPSA) is 21.8 Å². The second-order valence-electron chi connectivity index (χ2n) is 7.23. The average molecular weight is 331 g/mol. The number of para-hydroxylation sites is 1. The van der Waals surface area contributed by atoms with Gasteiger partial charge in [0.25, 0.3) is 0 Å². The van der Waals surface area contributed by atoms with Crippen molar-refractivity contribution in [1.29, 1.82) is 0 Å². The zero-order valence-corrected chi connectivity index (χ0v) is 15.6. The Bertz CT molecular complexity index is 488. The van der Waals surface area contributed by atoms with Crippen LogP contribution in [0.4, 0.5) is 0 Å². The molecule has 1 aliphatic rings. The number of unbranched alkanes of at least 4 members (excludes halogenated alkanes) is 8. The second-order valence-corrected chi connectivity index (χ2v) is 7.23. The second kappa shape index (κ2) is 10.6. The third kappa shape index (κ3) is 7.53. The van der Waals surface area contributed by atoms with Crippen molar-refractivity contribution in [2.24, 2.45) is 0 Å². The minimum atomic E-state index is -0.0616. The number of hydrogen-bond donors (Lipinski definition) is 0. The lowest BCUT2D eigenvalue weighted by Crippen LogP contribution is -2.17. The van der Waals surface area contributed by atoms with Crippen molar-refractivity contribution in [3.8, 4) is 5.75 Å². The monoisotopic (exact) mass is 330 g/mol. The van der Waals surface area contributed by atoms with E-state index in [1.165, 1.54) is 56.9 Å². The van der Waals surface area contributed by atoms with Crippen molar-refractivity contribution in [3.63, 3.8) is 0 Å². The van der Waals surface area contributed by atoms with Gasteiger partial charge in [0.2, 0.25) is 0 Å². The summed E-state index contributed by atoms with van der Waals surface area (Å²) >= 11 is 0. The lowest BCUT2D eigenvalue weighted by molar-refractivity contribution is 0.202. The van der Waals surface area contributed by atoms with Gasteiger partial charge in [0.1, 0.15) is 18.0 Å². The molecule has 0 radical (unpaired) electrons. The Hall–Kier alpha value is -1.28. The maximum Gasteiger partial charge on any atom is 0.126 e. The van der Waals surface area contributed by atoms with Crippen LogP contribution in [0.15, 0.2) is 30.3 Å². The molecule has 0 spiro atoms. The van der Waals surface area contributed by atoms with Crippen LogP contribution in [0, 0.1) is 0 Å². The van der Waals surface area contributed by atoms with E-state index in [-0.39, 0.29) is 5.60 Å². The lowest BCUT2D eigenvalue weighted by Gasteiger charge is -2.11. The predicted octanol–water partition coefficient (Wildman–Crippen LogP) is 6.40. The summed E-state index contributed by atoms with van der Waals surface area (Å²) in [5.74, 6) is 0.960. The van der Waals surface area contributed by atoms with Gasteiger partial charge in [0.05, 0.1) is 6.61 Å². The van der Waals surface area contributed by atoms with Crippen LogP contribution >= 0.6 is 0 Å². The summed E-state index contributed by atoms with van der Waals surface area (Å²) in [6.07, 6.45) is 16.6. The van der Waals surface area contributed by atoms with E-state index in [0.717, 1.165) is 18.8 Å². The zero-order chi connectivity index (χ0) is 17.1. The molecule has 24 heavy (non-hydrogen) atoms. The van der Waals surface area contributed by atoms with Gasteiger partial charge >= 0.3 is 0 Å². The molecule has 2 nitrogen and oxygen atoms in total. The first kappa shape index (κ1) is 19.1.